The Morgan fingerprint density at radius 3 is 2.87 bits per heavy atom. The van der Waals surface area contributed by atoms with Gasteiger partial charge >= 0.3 is 5.97 Å². The summed E-state index contributed by atoms with van der Waals surface area (Å²) in [5.74, 6) is -0.0554. The summed E-state index contributed by atoms with van der Waals surface area (Å²) in [4.78, 5) is 12.9. The second-order valence-electron chi connectivity index (χ2n) is 4.18. The number of nitrogens with zero attached hydrogens (tertiary/aromatic N) is 1. The van der Waals surface area contributed by atoms with E-state index in [0.717, 1.165) is 18.2 Å². The van der Waals surface area contributed by atoms with Gasteiger partial charge < -0.3 is 10.0 Å². The van der Waals surface area contributed by atoms with Gasteiger partial charge in [-0.3, -0.25) is 0 Å². The zero-order chi connectivity index (χ0) is 10.8. The van der Waals surface area contributed by atoms with Crippen LogP contribution in [-0.4, -0.2) is 24.7 Å². The third kappa shape index (κ3) is 2.49. The lowest BCUT2D eigenvalue weighted by Gasteiger charge is -2.19. The first-order chi connectivity index (χ1) is 7.16. The van der Waals surface area contributed by atoms with Crippen molar-refractivity contribution in [1.29, 1.82) is 0 Å². The van der Waals surface area contributed by atoms with Crippen LogP contribution in [-0.2, 0) is 0 Å². The highest BCUT2D eigenvalue weighted by Gasteiger charge is 2.23. The van der Waals surface area contributed by atoms with Gasteiger partial charge in [-0.05, 0) is 37.0 Å². The van der Waals surface area contributed by atoms with Gasteiger partial charge in [0.2, 0.25) is 0 Å². The van der Waals surface area contributed by atoms with Crippen LogP contribution in [0.15, 0.2) is 24.3 Å². The maximum Gasteiger partial charge on any atom is 0.335 e. The molecule has 2 rings (SSSR count). The minimum Gasteiger partial charge on any atom is -0.478 e. The van der Waals surface area contributed by atoms with Crippen molar-refractivity contribution in [3.63, 3.8) is 0 Å². The van der Waals surface area contributed by atoms with Crippen molar-refractivity contribution in [3.05, 3.63) is 29.8 Å². The van der Waals surface area contributed by atoms with Crippen LogP contribution in [0.2, 0.25) is 0 Å². The number of carboxylic acid groups (broad SMARTS) is 1. The minimum atomic E-state index is -0.864. The first-order valence-electron chi connectivity index (χ1n) is 5.21. The van der Waals surface area contributed by atoms with Gasteiger partial charge in [0, 0.05) is 19.3 Å². The van der Waals surface area contributed by atoms with Gasteiger partial charge in [-0.25, -0.2) is 4.79 Å². The number of carboxylic acids is 1. The van der Waals surface area contributed by atoms with E-state index in [1.165, 1.54) is 12.8 Å². The maximum atomic E-state index is 10.8. The van der Waals surface area contributed by atoms with Gasteiger partial charge in [0.25, 0.3) is 0 Å². The number of hydrogen-bond donors (Lipinski definition) is 1. The number of rotatable bonds is 4. The first kappa shape index (κ1) is 10.0. The Hall–Kier alpha value is -1.51. The van der Waals surface area contributed by atoms with Crippen LogP contribution in [0.5, 0.6) is 0 Å². The summed E-state index contributed by atoms with van der Waals surface area (Å²) >= 11 is 0. The molecule has 0 atom stereocenters. The molecule has 0 amide bonds. The topological polar surface area (TPSA) is 40.5 Å². The molecule has 0 aliphatic heterocycles. The summed E-state index contributed by atoms with van der Waals surface area (Å²) in [7, 11) is 2.01. The molecule has 1 saturated carbocycles. The van der Waals surface area contributed by atoms with Crippen LogP contribution in [0.3, 0.4) is 0 Å². The molecule has 0 saturated heterocycles. The number of hydrogen-bond acceptors (Lipinski definition) is 2. The fourth-order valence-electron chi connectivity index (χ4n) is 1.67. The Bertz CT molecular complexity index is 372. The zero-order valence-corrected chi connectivity index (χ0v) is 8.81. The Morgan fingerprint density at radius 2 is 2.27 bits per heavy atom. The average molecular weight is 205 g/mol. The lowest BCUT2D eigenvalue weighted by molar-refractivity contribution is 0.0697. The summed E-state index contributed by atoms with van der Waals surface area (Å²) in [6.45, 7) is 1.03. The Morgan fingerprint density at radius 1 is 1.53 bits per heavy atom. The summed E-state index contributed by atoms with van der Waals surface area (Å²) in [6, 6.07) is 7.10. The molecule has 1 aliphatic carbocycles. The highest BCUT2D eigenvalue weighted by Crippen LogP contribution is 2.30. The summed E-state index contributed by atoms with van der Waals surface area (Å²) < 4.78 is 0. The molecular weight excluding hydrogens is 190 g/mol. The average Bonchev–Trinajstić information content (AvgIpc) is 3.02. The normalized spacial score (nSPS) is 15.0. The molecule has 3 heteroatoms. The monoisotopic (exact) mass is 205 g/mol. The Labute approximate surface area is 89.3 Å². The summed E-state index contributed by atoms with van der Waals surface area (Å²) in [6.07, 6.45) is 2.62. The van der Waals surface area contributed by atoms with Gasteiger partial charge in [-0.1, -0.05) is 6.07 Å². The van der Waals surface area contributed by atoms with Gasteiger partial charge in [-0.2, -0.15) is 0 Å². The fourth-order valence-corrected chi connectivity index (χ4v) is 1.67. The van der Waals surface area contributed by atoms with E-state index in [0.29, 0.717) is 5.56 Å². The van der Waals surface area contributed by atoms with Gasteiger partial charge in [-0.15, -0.1) is 0 Å². The molecule has 0 aromatic heterocycles. The zero-order valence-electron chi connectivity index (χ0n) is 8.81. The van der Waals surface area contributed by atoms with Crippen LogP contribution in [0, 0.1) is 5.92 Å². The molecule has 80 valence electrons. The number of anilines is 1. The molecule has 3 nitrogen and oxygen atoms in total. The Kier molecular flexibility index (Phi) is 2.62. The molecule has 1 aliphatic rings. The van der Waals surface area contributed by atoms with E-state index >= 15 is 0 Å². The molecule has 1 aromatic rings. The van der Waals surface area contributed by atoms with Crippen LogP contribution < -0.4 is 4.90 Å². The third-order valence-electron chi connectivity index (χ3n) is 2.76. The van der Waals surface area contributed by atoms with Gasteiger partial charge in [0.15, 0.2) is 0 Å². The van der Waals surface area contributed by atoms with Crippen molar-refractivity contribution in [3.8, 4) is 0 Å². The predicted molar refractivity (Wildman–Crippen MR) is 59.4 cm³/mol. The third-order valence-corrected chi connectivity index (χ3v) is 2.76. The molecule has 15 heavy (non-hydrogen) atoms. The van der Waals surface area contributed by atoms with Crippen LogP contribution in [0.4, 0.5) is 5.69 Å². The second kappa shape index (κ2) is 3.93. The van der Waals surface area contributed by atoms with E-state index in [1.807, 2.05) is 13.1 Å². The summed E-state index contributed by atoms with van der Waals surface area (Å²) in [5, 5.41) is 8.87. The van der Waals surface area contributed by atoms with Crippen LogP contribution in [0.1, 0.15) is 23.2 Å². The fraction of sp³-hybridized carbons (Fsp3) is 0.417. The van der Waals surface area contributed by atoms with Crippen molar-refractivity contribution in [2.45, 2.75) is 12.8 Å². The molecule has 0 unspecified atom stereocenters. The van der Waals surface area contributed by atoms with E-state index in [9.17, 15) is 4.79 Å². The molecule has 1 fully saturated rings. The number of aromatic carboxylic acids is 1. The standard InChI is InChI=1S/C12H15NO2/c1-13(8-9-5-6-9)11-4-2-3-10(7-11)12(14)15/h2-4,7,9H,5-6,8H2,1H3,(H,14,15). The second-order valence-corrected chi connectivity index (χ2v) is 4.18. The maximum absolute atomic E-state index is 10.8. The van der Waals surface area contributed by atoms with Crippen molar-refractivity contribution in [1.82, 2.24) is 0 Å². The smallest absolute Gasteiger partial charge is 0.335 e. The molecule has 1 aromatic carbocycles. The molecule has 0 spiro atoms. The molecule has 0 bridgehead atoms. The molecule has 1 N–H and O–H groups in total. The van der Waals surface area contributed by atoms with Crippen molar-refractivity contribution in [2.24, 2.45) is 5.92 Å². The summed E-state index contributed by atoms with van der Waals surface area (Å²) in [5.41, 5.74) is 1.34. The molecule has 0 heterocycles. The van der Waals surface area contributed by atoms with Gasteiger partial charge in [0.1, 0.15) is 0 Å². The molecule has 0 radical (unpaired) electrons. The quantitative estimate of drug-likeness (QED) is 0.819. The van der Waals surface area contributed by atoms with E-state index in [-0.39, 0.29) is 0 Å². The van der Waals surface area contributed by atoms with E-state index in [2.05, 4.69) is 4.90 Å². The first-order valence-corrected chi connectivity index (χ1v) is 5.21. The highest BCUT2D eigenvalue weighted by atomic mass is 16.4. The lowest BCUT2D eigenvalue weighted by Crippen LogP contribution is -2.20. The number of carbonyl (C=O) groups is 1. The Balaban J connectivity index is 2.11. The predicted octanol–water partition coefficient (Wildman–Crippen LogP) is 2.23. The van der Waals surface area contributed by atoms with Crippen molar-refractivity contribution in [2.75, 3.05) is 18.5 Å². The number of benzene rings is 1. The van der Waals surface area contributed by atoms with Crippen molar-refractivity contribution >= 4 is 11.7 Å². The van der Waals surface area contributed by atoms with Gasteiger partial charge in [0.05, 0.1) is 5.56 Å². The minimum absolute atomic E-state index is 0.357. The highest BCUT2D eigenvalue weighted by molar-refractivity contribution is 5.88. The van der Waals surface area contributed by atoms with Crippen molar-refractivity contribution < 1.29 is 9.90 Å². The van der Waals surface area contributed by atoms with E-state index in [4.69, 9.17) is 5.11 Å². The SMILES string of the molecule is CN(CC1CC1)c1cccc(C(=O)O)c1. The largest absolute Gasteiger partial charge is 0.478 e. The molecular formula is C12H15NO2. The van der Waals surface area contributed by atoms with Crippen LogP contribution in [0.25, 0.3) is 0 Å². The van der Waals surface area contributed by atoms with Crippen LogP contribution >= 0.6 is 0 Å². The lowest BCUT2D eigenvalue weighted by atomic mass is 10.2. The van der Waals surface area contributed by atoms with E-state index < -0.39 is 5.97 Å². The van der Waals surface area contributed by atoms with E-state index in [1.54, 1.807) is 18.2 Å².